The van der Waals surface area contributed by atoms with Crippen molar-refractivity contribution in [1.82, 2.24) is 4.98 Å². The van der Waals surface area contributed by atoms with Gasteiger partial charge in [-0.05, 0) is 17.7 Å². The Kier molecular flexibility index (Phi) is 2.83. The van der Waals surface area contributed by atoms with Crippen LogP contribution in [0.25, 0.3) is 10.4 Å². The number of hydrogen-bond donors (Lipinski definition) is 1. The quantitative estimate of drug-likeness (QED) is 0.921. The van der Waals surface area contributed by atoms with Crippen molar-refractivity contribution in [3.8, 4) is 10.4 Å². The van der Waals surface area contributed by atoms with Crippen LogP contribution in [0.4, 0.5) is 0 Å². The Morgan fingerprint density at radius 3 is 2.53 bits per heavy atom. The van der Waals surface area contributed by atoms with Gasteiger partial charge in [0, 0.05) is 10.7 Å². The van der Waals surface area contributed by atoms with Crippen LogP contribution >= 0.6 is 27.3 Å². The zero-order valence-corrected chi connectivity index (χ0v) is 10.0. The van der Waals surface area contributed by atoms with Gasteiger partial charge >= 0.3 is 0 Å². The molecule has 0 radical (unpaired) electrons. The number of nitrogens with zero attached hydrogens (tertiary/aromatic N) is 1. The maximum Gasteiger partial charge on any atom is 0.277 e. The molecule has 76 valence electrons. The first-order chi connectivity index (χ1) is 7.16. The number of amides is 1. The molecule has 1 heterocycles. The molecule has 0 spiro atoms. The average molecular weight is 283 g/mol. The highest BCUT2D eigenvalue weighted by atomic mass is 79.9. The fraction of sp³-hybridized carbons (Fsp3) is 0. The zero-order chi connectivity index (χ0) is 10.8. The molecule has 1 amide bonds. The van der Waals surface area contributed by atoms with Crippen LogP contribution in [0.15, 0.2) is 34.9 Å². The highest BCUT2D eigenvalue weighted by Crippen LogP contribution is 2.26. The van der Waals surface area contributed by atoms with Gasteiger partial charge in [-0.3, -0.25) is 4.79 Å². The van der Waals surface area contributed by atoms with Crippen LogP contribution in [-0.2, 0) is 0 Å². The third kappa shape index (κ3) is 2.24. The molecule has 15 heavy (non-hydrogen) atoms. The predicted molar refractivity (Wildman–Crippen MR) is 63.8 cm³/mol. The topological polar surface area (TPSA) is 56.0 Å². The Balaban J connectivity index is 2.37. The van der Waals surface area contributed by atoms with E-state index in [2.05, 4.69) is 20.9 Å². The van der Waals surface area contributed by atoms with Crippen LogP contribution in [0.3, 0.4) is 0 Å². The monoisotopic (exact) mass is 282 g/mol. The molecule has 5 heteroatoms. The fourth-order valence-corrected chi connectivity index (χ4v) is 2.17. The van der Waals surface area contributed by atoms with Crippen LogP contribution in [-0.4, -0.2) is 10.9 Å². The molecule has 0 aliphatic rings. The highest BCUT2D eigenvalue weighted by molar-refractivity contribution is 9.10. The average Bonchev–Trinajstić information content (AvgIpc) is 2.68. The molecule has 1 aromatic heterocycles. The van der Waals surface area contributed by atoms with Gasteiger partial charge in [-0.1, -0.05) is 28.1 Å². The Morgan fingerprint density at radius 2 is 2.00 bits per heavy atom. The lowest BCUT2D eigenvalue weighted by Gasteiger charge is -1.95. The molecule has 2 N–H and O–H groups in total. The van der Waals surface area contributed by atoms with E-state index in [0.29, 0.717) is 5.01 Å². The van der Waals surface area contributed by atoms with E-state index in [0.717, 1.165) is 14.9 Å². The van der Waals surface area contributed by atoms with Gasteiger partial charge in [0.15, 0.2) is 5.01 Å². The van der Waals surface area contributed by atoms with Gasteiger partial charge in [0.1, 0.15) is 0 Å². The van der Waals surface area contributed by atoms with Gasteiger partial charge in [-0.25, -0.2) is 4.98 Å². The van der Waals surface area contributed by atoms with Crippen molar-refractivity contribution in [2.24, 2.45) is 5.73 Å². The SMILES string of the molecule is NC(=O)c1ncc(-c2ccc(Br)cc2)s1. The first kappa shape index (κ1) is 10.3. The molecule has 0 saturated carbocycles. The second kappa shape index (κ2) is 4.12. The smallest absolute Gasteiger partial charge is 0.277 e. The maximum atomic E-state index is 10.9. The summed E-state index contributed by atoms with van der Waals surface area (Å²) in [4.78, 5) is 15.8. The Morgan fingerprint density at radius 1 is 1.33 bits per heavy atom. The van der Waals surface area contributed by atoms with Crippen molar-refractivity contribution in [1.29, 1.82) is 0 Å². The van der Waals surface area contributed by atoms with Gasteiger partial charge < -0.3 is 5.73 Å². The Hall–Kier alpha value is -1.20. The van der Waals surface area contributed by atoms with E-state index in [1.807, 2.05) is 24.3 Å². The van der Waals surface area contributed by atoms with E-state index in [4.69, 9.17) is 5.73 Å². The number of benzene rings is 1. The van der Waals surface area contributed by atoms with E-state index in [-0.39, 0.29) is 0 Å². The minimum absolute atomic E-state index is 0.341. The van der Waals surface area contributed by atoms with Crippen LogP contribution in [0.5, 0.6) is 0 Å². The second-order valence-corrected chi connectivity index (χ2v) is 4.85. The standard InChI is InChI=1S/C10H7BrN2OS/c11-7-3-1-6(2-4-7)8-5-13-10(15-8)9(12)14/h1-5H,(H2,12,14). The number of thiazole rings is 1. The van der Waals surface area contributed by atoms with Crippen LogP contribution in [0.2, 0.25) is 0 Å². The molecular weight excluding hydrogens is 276 g/mol. The first-order valence-electron chi connectivity index (χ1n) is 4.18. The molecule has 2 aromatic rings. The Bertz CT molecular complexity index is 492. The van der Waals surface area contributed by atoms with Crippen molar-refractivity contribution in [2.75, 3.05) is 0 Å². The van der Waals surface area contributed by atoms with Crippen molar-refractivity contribution >= 4 is 33.2 Å². The maximum absolute atomic E-state index is 10.9. The van der Waals surface area contributed by atoms with Gasteiger partial charge in [0.05, 0.1) is 4.88 Å². The van der Waals surface area contributed by atoms with E-state index in [1.54, 1.807) is 6.20 Å². The van der Waals surface area contributed by atoms with Crippen molar-refractivity contribution in [3.63, 3.8) is 0 Å². The normalized spacial score (nSPS) is 10.2. The molecule has 0 bridgehead atoms. The van der Waals surface area contributed by atoms with Crippen LogP contribution in [0, 0.1) is 0 Å². The summed E-state index contributed by atoms with van der Waals surface area (Å²) in [6.45, 7) is 0. The molecule has 0 atom stereocenters. The molecule has 0 aliphatic heterocycles. The van der Waals surface area contributed by atoms with E-state index >= 15 is 0 Å². The van der Waals surface area contributed by atoms with E-state index in [1.165, 1.54) is 11.3 Å². The zero-order valence-electron chi connectivity index (χ0n) is 7.61. The summed E-state index contributed by atoms with van der Waals surface area (Å²) >= 11 is 4.66. The largest absolute Gasteiger partial charge is 0.364 e. The van der Waals surface area contributed by atoms with E-state index in [9.17, 15) is 4.79 Å². The molecule has 0 saturated heterocycles. The molecule has 0 aliphatic carbocycles. The summed E-state index contributed by atoms with van der Waals surface area (Å²) in [5, 5.41) is 0.341. The molecular formula is C10H7BrN2OS. The first-order valence-corrected chi connectivity index (χ1v) is 5.79. The lowest BCUT2D eigenvalue weighted by molar-refractivity contribution is 0.1000. The predicted octanol–water partition coefficient (Wildman–Crippen LogP) is 2.67. The Labute approximate surface area is 99.1 Å². The van der Waals surface area contributed by atoms with Gasteiger partial charge in [-0.2, -0.15) is 0 Å². The second-order valence-electron chi connectivity index (χ2n) is 2.90. The summed E-state index contributed by atoms with van der Waals surface area (Å²) in [5.74, 6) is -0.483. The van der Waals surface area contributed by atoms with Gasteiger partial charge in [0.2, 0.25) is 0 Å². The summed E-state index contributed by atoms with van der Waals surface area (Å²) in [6, 6.07) is 7.81. The summed E-state index contributed by atoms with van der Waals surface area (Å²) in [6.07, 6.45) is 1.66. The van der Waals surface area contributed by atoms with Gasteiger partial charge in [-0.15, -0.1) is 11.3 Å². The molecule has 0 unspecified atom stereocenters. The fourth-order valence-electron chi connectivity index (χ4n) is 1.14. The molecule has 3 nitrogen and oxygen atoms in total. The number of halogens is 1. The third-order valence-corrected chi connectivity index (χ3v) is 3.43. The number of primary amides is 1. The minimum Gasteiger partial charge on any atom is -0.364 e. The number of hydrogen-bond acceptors (Lipinski definition) is 3. The lowest BCUT2D eigenvalue weighted by Crippen LogP contribution is -2.09. The van der Waals surface area contributed by atoms with Crippen molar-refractivity contribution in [3.05, 3.63) is 39.9 Å². The summed E-state index contributed by atoms with van der Waals surface area (Å²) in [7, 11) is 0. The number of rotatable bonds is 2. The van der Waals surface area contributed by atoms with Crippen LogP contribution in [0.1, 0.15) is 9.80 Å². The van der Waals surface area contributed by atoms with Crippen LogP contribution < -0.4 is 5.73 Å². The molecule has 1 aromatic carbocycles. The van der Waals surface area contributed by atoms with Gasteiger partial charge in [0.25, 0.3) is 5.91 Å². The minimum atomic E-state index is -0.483. The lowest BCUT2D eigenvalue weighted by atomic mass is 10.2. The molecule has 0 fully saturated rings. The third-order valence-electron chi connectivity index (χ3n) is 1.85. The van der Waals surface area contributed by atoms with Crippen molar-refractivity contribution in [2.45, 2.75) is 0 Å². The van der Waals surface area contributed by atoms with Crippen molar-refractivity contribution < 1.29 is 4.79 Å². The molecule has 2 rings (SSSR count). The number of carbonyl (C=O) groups excluding carboxylic acids is 1. The summed E-state index contributed by atoms with van der Waals surface area (Å²) < 4.78 is 1.02. The highest BCUT2D eigenvalue weighted by Gasteiger charge is 2.08. The number of aromatic nitrogens is 1. The van der Waals surface area contributed by atoms with E-state index < -0.39 is 5.91 Å². The number of nitrogens with two attached hydrogens (primary N) is 1. The number of carbonyl (C=O) groups is 1. The summed E-state index contributed by atoms with van der Waals surface area (Å²) in [5.41, 5.74) is 6.16.